The van der Waals surface area contributed by atoms with Crippen molar-refractivity contribution in [3.63, 3.8) is 0 Å². The number of nitrogens with one attached hydrogen (secondary N) is 1. The van der Waals surface area contributed by atoms with Gasteiger partial charge in [-0.1, -0.05) is 24.6 Å². The van der Waals surface area contributed by atoms with E-state index in [2.05, 4.69) is 5.32 Å². The van der Waals surface area contributed by atoms with Gasteiger partial charge in [-0.2, -0.15) is 0 Å². The SMILES string of the molecule is Cc1cccc(C)c1OCC(C)NC(=O)N1CCN(C(=O)C2CCC2)CC1. The van der Waals surface area contributed by atoms with Crippen LogP contribution in [-0.4, -0.2) is 60.6 Å². The number of hydrogen-bond donors (Lipinski definition) is 1. The van der Waals surface area contributed by atoms with Crippen molar-refractivity contribution in [2.24, 2.45) is 5.92 Å². The Labute approximate surface area is 161 Å². The van der Waals surface area contributed by atoms with Crippen LogP contribution in [0.1, 0.15) is 37.3 Å². The van der Waals surface area contributed by atoms with E-state index < -0.39 is 0 Å². The summed E-state index contributed by atoms with van der Waals surface area (Å²) in [4.78, 5) is 28.5. The van der Waals surface area contributed by atoms with E-state index in [-0.39, 0.29) is 23.9 Å². The molecule has 0 spiro atoms. The molecule has 27 heavy (non-hydrogen) atoms. The van der Waals surface area contributed by atoms with Crippen molar-refractivity contribution in [3.8, 4) is 5.75 Å². The number of urea groups is 1. The van der Waals surface area contributed by atoms with Gasteiger partial charge in [0.15, 0.2) is 0 Å². The maximum atomic E-state index is 12.5. The summed E-state index contributed by atoms with van der Waals surface area (Å²) in [5.41, 5.74) is 2.20. The minimum atomic E-state index is -0.0915. The minimum Gasteiger partial charge on any atom is -0.491 e. The van der Waals surface area contributed by atoms with Crippen LogP contribution in [0.3, 0.4) is 0 Å². The van der Waals surface area contributed by atoms with Crippen molar-refractivity contribution in [2.45, 2.75) is 46.1 Å². The Kier molecular flexibility index (Phi) is 6.24. The standard InChI is InChI=1S/C21H31N3O3/c1-15-6-4-7-16(2)19(15)27-14-17(3)22-21(26)24-12-10-23(11-13-24)20(25)18-8-5-9-18/h4,6-7,17-18H,5,8-14H2,1-3H3,(H,22,26). The number of rotatable bonds is 5. The Hall–Kier alpha value is -2.24. The number of piperazine rings is 1. The van der Waals surface area contributed by atoms with Crippen molar-refractivity contribution in [1.82, 2.24) is 15.1 Å². The number of ether oxygens (including phenoxy) is 1. The van der Waals surface area contributed by atoms with Gasteiger partial charge in [-0.3, -0.25) is 4.79 Å². The molecular formula is C21H31N3O3. The number of carbonyl (C=O) groups excluding carboxylic acids is 2. The quantitative estimate of drug-likeness (QED) is 0.863. The molecule has 2 aliphatic rings. The first-order valence-corrected chi connectivity index (χ1v) is 9.99. The van der Waals surface area contributed by atoms with Crippen molar-refractivity contribution in [3.05, 3.63) is 29.3 Å². The van der Waals surface area contributed by atoms with E-state index in [9.17, 15) is 9.59 Å². The molecule has 1 aromatic rings. The van der Waals surface area contributed by atoms with Gasteiger partial charge in [0.2, 0.25) is 5.91 Å². The van der Waals surface area contributed by atoms with Crippen LogP contribution in [0.5, 0.6) is 5.75 Å². The van der Waals surface area contributed by atoms with Gasteiger partial charge in [-0.15, -0.1) is 0 Å². The predicted molar refractivity (Wildman–Crippen MR) is 105 cm³/mol. The normalized spacial score (nSPS) is 18.6. The number of aryl methyl sites for hydroxylation is 2. The molecule has 0 bridgehead atoms. The molecule has 148 valence electrons. The van der Waals surface area contributed by atoms with Gasteiger partial charge in [0.1, 0.15) is 12.4 Å². The van der Waals surface area contributed by atoms with Crippen molar-refractivity contribution in [1.29, 1.82) is 0 Å². The maximum absolute atomic E-state index is 12.5. The first-order valence-electron chi connectivity index (χ1n) is 9.99. The summed E-state index contributed by atoms with van der Waals surface area (Å²) >= 11 is 0. The summed E-state index contributed by atoms with van der Waals surface area (Å²) in [6, 6.07) is 5.89. The molecule has 6 heteroatoms. The molecule has 1 saturated heterocycles. The molecule has 2 fully saturated rings. The van der Waals surface area contributed by atoms with E-state index in [1.807, 2.05) is 43.9 Å². The predicted octanol–water partition coefficient (Wildman–Crippen LogP) is 2.72. The van der Waals surface area contributed by atoms with Gasteiger partial charge in [0.05, 0.1) is 6.04 Å². The van der Waals surface area contributed by atoms with Gasteiger partial charge < -0.3 is 19.9 Å². The lowest BCUT2D eigenvalue weighted by molar-refractivity contribution is -0.139. The third-order valence-electron chi connectivity index (χ3n) is 5.59. The number of hydrogen-bond acceptors (Lipinski definition) is 3. The summed E-state index contributed by atoms with van der Waals surface area (Å²) in [7, 11) is 0. The molecule has 0 aromatic heterocycles. The highest BCUT2D eigenvalue weighted by Crippen LogP contribution is 2.28. The van der Waals surface area contributed by atoms with Crippen LogP contribution in [0.15, 0.2) is 18.2 Å². The van der Waals surface area contributed by atoms with Crippen molar-refractivity contribution < 1.29 is 14.3 Å². The second-order valence-corrected chi connectivity index (χ2v) is 7.82. The molecule has 1 heterocycles. The highest BCUT2D eigenvalue weighted by atomic mass is 16.5. The van der Waals surface area contributed by atoms with Gasteiger partial charge in [-0.25, -0.2) is 4.79 Å². The summed E-state index contributed by atoms with van der Waals surface area (Å²) in [6.45, 7) is 8.88. The molecule has 1 aliphatic heterocycles. The van der Waals surface area contributed by atoms with Crippen LogP contribution in [0.2, 0.25) is 0 Å². The molecule has 1 saturated carbocycles. The molecular weight excluding hydrogens is 342 g/mol. The van der Waals surface area contributed by atoms with Crippen LogP contribution in [0, 0.1) is 19.8 Å². The van der Waals surface area contributed by atoms with Gasteiger partial charge in [0, 0.05) is 32.1 Å². The van der Waals surface area contributed by atoms with Crippen LogP contribution in [-0.2, 0) is 4.79 Å². The highest BCUT2D eigenvalue weighted by Gasteiger charge is 2.32. The lowest BCUT2D eigenvalue weighted by Crippen LogP contribution is -2.56. The van der Waals surface area contributed by atoms with Gasteiger partial charge in [-0.05, 0) is 44.7 Å². The zero-order valence-corrected chi connectivity index (χ0v) is 16.7. The van der Waals surface area contributed by atoms with Gasteiger partial charge in [0.25, 0.3) is 0 Å². The lowest BCUT2D eigenvalue weighted by Gasteiger charge is -2.38. The summed E-state index contributed by atoms with van der Waals surface area (Å²) in [6.07, 6.45) is 3.22. The molecule has 1 N–H and O–H groups in total. The molecule has 1 atom stereocenters. The first-order chi connectivity index (χ1) is 13.0. The molecule has 1 unspecified atom stereocenters. The Morgan fingerprint density at radius 2 is 1.70 bits per heavy atom. The Morgan fingerprint density at radius 3 is 2.26 bits per heavy atom. The maximum Gasteiger partial charge on any atom is 0.317 e. The topological polar surface area (TPSA) is 61.9 Å². The van der Waals surface area contributed by atoms with E-state index in [0.29, 0.717) is 32.8 Å². The zero-order valence-electron chi connectivity index (χ0n) is 16.7. The van der Waals surface area contributed by atoms with Crippen LogP contribution >= 0.6 is 0 Å². The second kappa shape index (κ2) is 8.63. The van der Waals surface area contributed by atoms with E-state index in [4.69, 9.17) is 4.74 Å². The molecule has 6 nitrogen and oxygen atoms in total. The Balaban J connectivity index is 1.41. The monoisotopic (exact) mass is 373 g/mol. The van der Waals surface area contributed by atoms with E-state index in [0.717, 1.165) is 29.7 Å². The number of nitrogens with zero attached hydrogens (tertiary/aromatic N) is 2. The van der Waals surface area contributed by atoms with Gasteiger partial charge >= 0.3 is 6.03 Å². The Bertz CT molecular complexity index is 659. The van der Waals surface area contributed by atoms with Crippen LogP contribution in [0.25, 0.3) is 0 Å². The van der Waals surface area contributed by atoms with E-state index >= 15 is 0 Å². The molecule has 1 aliphatic carbocycles. The minimum absolute atomic E-state index is 0.0802. The molecule has 0 radical (unpaired) electrons. The summed E-state index contributed by atoms with van der Waals surface area (Å²) < 4.78 is 5.93. The van der Waals surface area contributed by atoms with Crippen LogP contribution < -0.4 is 10.1 Å². The highest BCUT2D eigenvalue weighted by molar-refractivity contribution is 5.80. The first kappa shape index (κ1) is 19.5. The van der Waals surface area contributed by atoms with Crippen molar-refractivity contribution in [2.75, 3.05) is 32.8 Å². The van der Waals surface area contributed by atoms with Crippen molar-refractivity contribution >= 4 is 11.9 Å². The molecule has 1 aromatic carbocycles. The summed E-state index contributed by atoms with van der Waals surface area (Å²) in [5.74, 6) is 1.39. The number of para-hydroxylation sites is 1. The Morgan fingerprint density at radius 1 is 1.11 bits per heavy atom. The summed E-state index contributed by atoms with van der Waals surface area (Å²) in [5, 5.41) is 3.01. The third kappa shape index (κ3) is 4.73. The van der Waals surface area contributed by atoms with E-state index in [1.54, 1.807) is 4.90 Å². The number of benzene rings is 1. The smallest absolute Gasteiger partial charge is 0.317 e. The molecule has 3 amide bonds. The van der Waals surface area contributed by atoms with E-state index in [1.165, 1.54) is 6.42 Å². The number of amides is 3. The largest absolute Gasteiger partial charge is 0.491 e. The fourth-order valence-electron chi connectivity index (χ4n) is 3.62. The third-order valence-corrected chi connectivity index (χ3v) is 5.59. The fraction of sp³-hybridized carbons (Fsp3) is 0.619. The average Bonchev–Trinajstić information content (AvgIpc) is 2.60. The fourth-order valence-corrected chi connectivity index (χ4v) is 3.62. The zero-order chi connectivity index (χ0) is 19.4. The number of carbonyl (C=O) groups is 2. The van der Waals surface area contributed by atoms with Crippen LogP contribution in [0.4, 0.5) is 4.79 Å². The molecule has 3 rings (SSSR count). The average molecular weight is 373 g/mol. The lowest BCUT2D eigenvalue weighted by atomic mass is 9.84. The second-order valence-electron chi connectivity index (χ2n) is 7.82.